The number of nitrogens with zero attached hydrogens (tertiary/aromatic N) is 1. The monoisotopic (exact) mass is 390 g/mol. The first-order chi connectivity index (χ1) is 12.5. The van der Waals surface area contributed by atoms with Gasteiger partial charge in [-0.3, -0.25) is 0 Å². The molecule has 5 nitrogen and oxygen atoms in total. The van der Waals surface area contributed by atoms with Crippen LogP contribution in [0.1, 0.15) is 19.8 Å². The first-order valence-corrected chi connectivity index (χ1v) is 10.2. The fourth-order valence-corrected chi connectivity index (χ4v) is 3.96. The van der Waals surface area contributed by atoms with E-state index in [1.807, 2.05) is 0 Å². The van der Waals surface area contributed by atoms with E-state index in [1.54, 1.807) is 42.5 Å². The number of hydrogen-bond acceptors (Lipinski definition) is 5. The lowest BCUT2D eigenvalue weighted by Gasteiger charge is -2.05. The molecule has 7 heteroatoms. The Labute approximate surface area is 157 Å². The quantitative estimate of drug-likeness (QED) is 0.572. The van der Waals surface area contributed by atoms with Crippen LogP contribution in [0.4, 0.5) is 5.88 Å². The largest absolute Gasteiger partial charge is 0.419 e. The van der Waals surface area contributed by atoms with E-state index in [0.29, 0.717) is 17.1 Å². The van der Waals surface area contributed by atoms with Gasteiger partial charge < -0.3 is 9.73 Å². The number of rotatable bonds is 7. The molecule has 3 aromatic rings. The van der Waals surface area contributed by atoms with E-state index in [-0.39, 0.29) is 21.7 Å². The van der Waals surface area contributed by atoms with Crippen LogP contribution in [0.2, 0.25) is 5.02 Å². The predicted molar refractivity (Wildman–Crippen MR) is 102 cm³/mol. The minimum Gasteiger partial charge on any atom is -0.419 e. The molecule has 0 amide bonds. The van der Waals surface area contributed by atoms with E-state index >= 15 is 0 Å². The molecule has 0 radical (unpaired) electrons. The highest BCUT2D eigenvalue weighted by Crippen LogP contribution is 2.34. The first-order valence-electron chi connectivity index (χ1n) is 8.33. The summed E-state index contributed by atoms with van der Waals surface area (Å²) in [5.74, 6) is 0.307. The van der Waals surface area contributed by atoms with Crippen LogP contribution in [0, 0.1) is 0 Å². The van der Waals surface area contributed by atoms with Crippen molar-refractivity contribution in [3.63, 3.8) is 0 Å². The van der Waals surface area contributed by atoms with Crippen LogP contribution in [0.25, 0.3) is 11.5 Å². The number of benzene rings is 2. The summed E-state index contributed by atoms with van der Waals surface area (Å²) in [4.78, 5) is 4.43. The molecule has 0 unspecified atom stereocenters. The Bertz CT molecular complexity index is 985. The van der Waals surface area contributed by atoms with E-state index < -0.39 is 9.84 Å². The topological polar surface area (TPSA) is 72.2 Å². The second kappa shape index (κ2) is 7.93. The van der Waals surface area contributed by atoms with Crippen molar-refractivity contribution in [3.8, 4) is 11.5 Å². The molecule has 1 heterocycles. The smallest absolute Gasteiger partial charge is 0.233 e. The third kappa shape index (κ3) is 3.76. The molecule has 0 spiro atoms. The molecule has 136 valence electrons. The zero-order valence-electron chi connectivity index (χ0n) is 14.3. The SMILES string of the molecule is CCCCNc1oc(-c2ccccc2Cl)nc1S(=O)(=O)c1ccccc1. The third-order valence-electron chi connectivity index (χ3n) is 3.82. The number of halogens is 1. The fourth-order valence-electron chi connectivity index (χ4n) is 2.44. The summed E-state index contributed by atoms with van der Waals surface area (Å²) in [7, 11) is -3.82. The van der Waals surface area contributed by atoms with Crippen LogP contribution in [-0.2, 0) is 9.84 Å². The Kier molecular flexibility index (Phi) is 5.64. The van der Waals surface area contributed by atoms with E-state index in [2.05, 4.69) is 17.2 Å². The van der Waals surface area contributed by atoms with Crippen molar-refractivity contribution in [1.29, 1.82) is 0 Å². The summed E-state index contributed by atoms with van der Waals surface area (Å²) in [5, 5.41) is 3.36. The molecule has 0 saturated heterocycles. The Balaban J connectivity index is 2.09. The number of hydrogen-bond donors (Lipinski definition) is 1. The van der Waals surface area contributed by atoms with Crippen molar-refractivity contribution < 1.29 is 12.8 Å². The van der Waals surface area contributed by atoms with Crippen molar-refractivity contribution in [2.45, 2.75) is 29.7 Å². The molecule has 2 aromatic carbocycles. The van der Waals surface area contributed by atoms with E-state index in [0.717, 1.165) is 12.8 Å². The second-order valence-corrected chi connectivity index (χ2v) is 8.00. The molecule has 0 atom stereocenters. The number of oxazole rings is 1. The molecular formula is C19H19ClN2O3S. The zero-order valence-corrected chi connectivity index (χ0v) is 15.8. The third-order valence-corrected chi connectivity index (χ3v) is 5.83. The number of unbranched alkanes of at least 4 members (excludes halogenated alkanes) is 1. The van der Waals surface area contributed by atoms with Crippen molar-refractivity contribution in [2.75, 3.05) is 11.9 Å². The van der Waals surface area contributed by atoms with E-state index in [4.69, 9.17) is 16.0 Å². The van der Waals surface area contributed by atoms with Gasteiger partial charge in [0.1, 0.15) is 0 Å². The van der Waals surface area contributed by atoms with Gasteiger partial charge in [-0.2, -0.15) is 4.98 Å². The van der Waals surface area contributed by atoms with Gasteiger partial charge in [-0.1, -0.05) is 55.3 Å². The highest BCUT2D eigenvalue weighted by atomic mass is 35.5. The van der Waals surface area contributed by atoms with Crippen molar-refractivity contribution >= 4 is 27.3 Å². The molecule has 0 saturated carbocycles. The highest BCUT2D eigenvalue weighted by molar-refractivity contribution is 7.91. The predicted octanol–water partition coefficient (Wildman–Crippen LogP) is 5.04. The van der Waals surface area contributed by atoms with Gasteiger partial charge in [0.05, 0.1) is 15.5 Å². The van der Waals surface area contributed by atoms with E-state index in [9.17, 15) is 8.42 Å². The summed E-state index contributed by atoms with van der Waals surface area (Å²) in [6, 6.07) is 15.2. The molecule has 1 aromatic heterocycles. The minimum absolute atomic E-state index is 0.130. The minimum atomic E-state index is -3.82. The number of anilines is 1. The number of nitrogens with one attached hydrogen (secondary N) is 1. The average molecular weight is 391 g/mol. The van der Waals surface area contributed by atoms with Gasteiger partial charge in [0.2, 0.25) is 26.6 Å². The summed E-state index contributed by atoms with van der Waals surface area (Å²) < 4.78 is 31.8. The van der Waals surface area contributed by atoms with E-state index in [1.165, 1.54) is 12.1 Å². The second-order valence-electron chi connectivity index (χ2n) is 5.73. The van der Waals surface area contributed by atoms with Crippen molar-refractivity contribution in [2.24, 2.45) is 0 Å². The van der Waals surface area contributed by atoms with Gasteiger partial charge in [-0.05, 0) is 30.7 Å². The van der Waals surface area contributed by atoms with Gasteiger partial charge in [0.15, 0.2) is 0 Å². The molecule has 0 aliphatic carbocycles. The number of aromatic nitrogens is 1. The first kappa shape index (κ1) is 18.5. The Morgan fingerprint density at radius 1 is 1.08 bits per heavy atom. The van der Waals surface area contributed by atoms with Gasteiger partial charge in [0.25, 0.3) is 0 Å². The van der Waals surface area contributed by atoms with Crippen LogP contribution in [0.3, 0.4) is 0 Å². The van der Waals surface area contributed by atoms with Crippen molar-refractivity contribution in [1.82, 2.24) is 4.98 Å². The normalized spacial score (nSPS) is 11.5. The van der Waals surface area contributed by atoms with Gasteiger partial charge in [0, 0.05) is 6.54 Å². The summed E-state index contributed by atoms with van der Waals surface area (Å²) in [5.41, 5.74) is 0.544. The summed E-state index contributed by atoms with van der Waals surface area (Å²) >= 11 is 6.21. The Morgan fingerprint density at radius 3 is 2.46 bits per heavy atom. The maximum Gasteiger partial charge on any atom is 0.233 e. The molecule has 0 aliphatic rings. The van der Waals surface area contributed by atoms with Gasteiger partial charge in [-0.15, -0.1) is 0 Å². The standard InChI is InChI=1S/C19H19ClN2O3S/c1-2-3-13-21-18-19(26(23,24)14-9-5-4-6-10-14)22-17(25-18)15-11-7-8-12-16(15)20/h4-12,21H,2-3,13H2,1H3. The van der Waals surface area contributed by atoms with Crippen LogP contribution in [0.15, 0.2) is 68.9 Å². The summed E-state index contributed by atoms with van der Waals surface area (Å²) in [6.07, 6.45) is 1.85. The fraction of sp³-hybridized carbons (Fsp3) is 0.211. The van der Waals surface area contributed by atoms with Crippen molar-refractivity contribution in [3.05, 3.63) is 59.6 Å². The highest BCUT2D eigenvalue weighted by Gasteiger charge is 2.28. The molecule has 1 N–H and O–H groups in total. The lowest BCUT2D eigenvalue weighted by molar-refractivity contribution is 0.575. The molecule has 0 bridgehead atoms. The van der Waals surface area contributed by atoms with Gasteiger partial charge >= 0.3 is 0 Å². The van der Waals surface area contributed by atoms with Gasteiger partial charge in [-0.25, -0.2) is 8.42 Å². The summed E-state index contributed by atoms with van der Waals surface area (Å²) in [6.45, 7) is 2.64. The lowest BCUT2D eigenvalue weighted by Crippen LogP contribution is -2.08. The molecule has 0 aliphatic heterocycles. The Morgan fingerprint density at radius 2 is 1.77 bits per heavy atom. The van der Waals surface area contributed by atoms with Crippen LogP contribution in [0.5, 0.6) is 0 Å². The average Bonchev–Trinajstić information content (AvgIpc) is 3.08. The maximum absolute atomic E-state index is 13.0. The molecule has 3 rings (SSSR count). The molecule has 0 fully saturated rings. The maximum atomic E-state index is 13.0. The van der Waals surface area contributed by atoms with Crippen LogP contribution < -0.4 is 5.32 Å². The van der Waals surface area contributed by atoms with Crippen LogP contribution in [-0.4, -0.2) is 19.9 Å². The van der Waals surface area contributed by atoms with Crippen LogP contribution >= 0.6 is 11.6 Å². The Hall–Kier alpha value is -2.31. The lowest BCUT2D eigenvalue weighted by atomic mass is 10.2. The number of sulfone groups is 1. The molecule has 26 heavy (non-hydrogen) atoms. The molecular weight excluding hydrogens is 372 g/mol. The zero-order chi connectivity index (χ0) is 18.6.